The van der Waals surface area contributed by atoms with Gasteiger partial charge in [-0.1, -0.05) is 23.7 Å². The van der Waals surface area contributed by atoms with Gasteiger partial charge in [-0.3, -0.25) is 9.25 Å². The van der Waals surface area contributed by atoms with E-state index in [0.29, 0.717) is 12.2 Å². The molecule has 0 radical (unpaired) electrons. The maximum absolute atomic E-state index is 12.6. The van der Waals surface area contributed by atoms with Crippen LogP contribution in [0.25, 0.3) is 0 Å². The van der Waals surface area contributed by atoms with Crippen LogP contribution in [0.15, 0.2) is 66.0 Å². The van der Waals surface area contributed by atoms with E-state index >= 15 is 0 Å². The number of nitrogens with zero attached hydrogens (tertiary/aromatic N) is 5. The molecule has 0 atom stereocenters. The van der Waals surface area contributed by atoms with Crippen molar-refractivity contribution in [3.63, 3.8) is 0 Å². The van der Waals surface area contributed by atoms with Crippen LogP contribution in [-0.2, 0) is 26.2 Å². The monoisotopic (exact) mass is 505 g/mol. The fourth-order valence-electron chi connectivity index (χ4n) is 3.14. The highest BCUT2D eigenvalue weighted by Gasteiger charge is 2.30. The third kappa shape index (κ3) is 6.38. The van der Waals surface area contributed by atoms with E-state index < -0.39 is 17.4 Å². The number of hydrogen-bond donors (Lipinski definition) is 0. The summed E-state index contributed by atoms with van der Waals surface area (Å²) in [5, 5.41) is 4.27. The van der Waals surface area contributed by atoms with Gasteiger partial charge in [-0.05, 0) is 23.8 Å². The SMILES string of the molecule is Cn1cc(Cn2cc(Cl)c(OCCc3ccc(Oc4ccc(C(F)(F)F)cn4)cc3)nc2=O)cn1. The van der Waals surface area contributed by atoms with E-state index in [2.05, 4.69) is 15.1 Å². The summed E-state index contributed by atoms with van der Waals surface area (Å²) in [5.41, 5.74) is 0.397. The Morgan fingerprint density at radius 2 is 1.80 bits per heavy atom. The lowest BCUT2D eigenvalue weighted by molar-refractivity contribution is -0.137. The lowest BCUT2D eigenvalue weighted by atomic mass is 10.1. The first kappa shape index (κ1) is 24.3. The Kier molecular flexibility index (Phi) is 7.06. The van der Waals surface area contributed by atoms with Crippen molar-refractivity contribution < 1.29 is 22.6 Å². The van der Waals surface area contributed by atoms with E-state index in [1.54, 1.807) is 48.4 Å². The van der Waals surface area contributed by atoms with Crippen LogP contribution in [0, 0.1) is 0 Å². The number of halogens is 4. The molecule has 182 valence electrons. The van der Waals surface area contributed by atoms with Gasteiger partial charge in [0.25, 0.3) is 0 Å². The molecule has 1 aromatic carbocycles. The van der Waals surface area contributed by atoms with Crippen molar-refractivity contribution in [2.45, 2.75) is 19.1 Å². The molecule has 0 fully saturated rings. The average molecular weight is 506 g/mol. The summed E-state index contributed by atoms with van der Waals surface area (Å²) in [6.07, 6.45) is 1.68. The van der Waals surface area contributed by atoms with Crippen molar-refractivity contribution in [1.29, 1.82) is 0 Å². The van der Waals surface area contributed by atoms with Gasteiger partial charge >= 0.3 is 11.9 Å². The minimum absolute atomic E-state index is 0.0486. The lowest BCUT2D eigenvalue weighted by Gasteiger charge is -2.10. The number of ether oxygens (including phenoxy) is 2. The first-order valence-electron chi connectivity index (χ1n) is 10.3. The smallest absolute Gasteiger partial charge is 0.417 e. The van der Waals surface area contributed by atoms with Gasteiger partial charge < -0.3 is 9.47 Å². The Hall–Kier alpha value is -3.86. The van der Waals surface area contributed by atoms with Crippen LogP contribution in [0.4, 0.5) is 13.2 Å². The Labute approximate surface area is 202 Å². The van der Waals surface area contributed by atoms with Gasteiger partial charge in [0.15, 0.2) is 0 Å². The number of hydrogen-bond acceptors (Lipinski definition) is 6. The van der Waals surface area contributed by atoms with Crippen LogP contribution in [0.3, 0.4) is 0 Å². The highest BCUT2D eigenvalue weighted by Crippen LogP contribution is 2.30. The Balaban J connectivity index is 1.31. The molecular weight excluding hydrogens is 487 g/mol. The summed E-state index contributed by atoms with van der Waals surface area (Å²) >= 11 is 6.23. The summed E-state index contributed by atoms with van der Waals surface area (Å²) in [4.78, 5) is 19.9. The van der Waals surface area contributed by atoms with Crippen LogP contribution < -0.4 is 15.2 Å². The quantitative estimate of drug-likeness (QED) is 0.350. The molecule has 35 heavy (non-hydrogen) atoms. The second-order valence-corrected chi connectivity index (χ2v) is 7.96. The number of benzene rings is 1. The zero-order chi connectivity index (χ0) is 25.0. The summed E-state index contributed by atoms with van der Waals surface area (Å²) in [7, 11) is 1.78. The second kappa shape index (κ2) is 10.2. The molecule has 0 N–H and O–H groups in total. The molecule has 0 spiro atoms. The summed E-state index contributed by atoms with van der Waals surface area (Å²) < 4.78 is 51.9. The minimum atomic E-state index is -4.45. The van der Waals surface area contributed by atoms with Crippen molar-refractivity contribution >= 4 is 11.6 Å². The van der Waals surface area contributed by atoms with Crippen molar-refractivity contribution in [1.82, 2.24) is 24.3 Å². The molecule has 0 saturated heterocycles. The molecular formula is C23H19ClF3N5O3. The normalized spacial score (nSPS) is 11.5. The van der Waals surface area contributed by atoms with Crippen LogP contribution >= 0.6 is 11.6 Å². The van der Waals surface area contributed by atoms with Gasteiger partial charge in [-0.2, -0.15) is 23.3 Å². The molecule has 4 aromatic rings. The number of aryl methyl sites for hydroxylation is 1. The second-order valence-electron chi connectivity index (χ2n) is 7.55. The Bertz CT molecular complexity index is 1350. The van der Waals surface area contributed by atoms with E-state index in [4.69, 9.17) is 21.1 Å². The molecule has 4 rings (SSSR count). The van der Waals surface area contributed by atoms with Crippen LogP contribution in [0.1, 0.15) is 16.7 Å². The number of alkyl halides is 3. The molecule has 0 saturated carbocycles. The van der Waals surface area contributed by atoms with Crippen LogP contribution in [-0.4, -0.2) is 30.9 Å². The highest BCUT2D eigenvalue weighted by atomic mass is 35.5. The molecule has 12 heteroatoms. The summed E-state index contributed by atoms with van der Waals surface area (Å²) in [6, 6.07) is 8.96. The average Bonchev–Trinajstić information content (AvgIpc) is 3.22. The molecule has 0 aliphatic heterocycles. The molecule has 3 aromatic heterocycles. The third-order valence-electron chi connectivity index (χ3n) is 4.87. The van der Waals surface area contributed by atoms with Crippen molar-refractivity contribution in [2.75, 3.05) is 6.61 Å². The Morgan fingerprint density at radius 3 is 2.43 bits per heavy atom. The first-order chi connectivity index (χ1) is 16.7. The van der Waals surface area contributed by atoms with Crippen molar-refractivity contribution in [3.05, 3.63) is 93.4 Å². The van der Waals surface area contributed by atoms with Gasteiger partial charge in [-0.25, -0.2) is 9.78 Å². The zero-order valence-electron chi connectivity index (χ0n) is 18.4. The molecule has 0 aliphatic carbocycles. The van der Waals surface area contributed by atoms with Gasteiger partial charge in [-0.15, -0.1) is 0 Å². The standard InChI is InChI=1S/C23H19ClF3N5O3/c1-31-12-16(10-29-31)13-32-14-19(24)21(30-22(32)33)34-9-8-15-2-5-18(6-3-15)35-20-7-4-17(11-28-20)23(25,26)27/h2-7,10-12,14H,8-9,13H2,1H3. The summed E-state index contributed by atoms with van der Waals surface area (Å²) in [6.45, 7) is 0.509. The van der Waals surface area contributed by atoms with E-state index in [-0.39, 0.29) is 29.9 Å². The molecule has 3 heterocycles. The fraction of sp³-hybridized carbons (Fsp3) is 0.217. The van der Waals surface area contributed by atoms with E-state index in [1.807, 2.05) is 0 Å². The number of pyridine rings is 1. The van der Waals surface area contributed by atoms with Crippen LogP contribution in [0.2, 0.25) is 5.02 Å². The summed E-state index contributed by atoms with van der Waals surface area (Å²) in [5.74, 6) is 0.518. The van der Waals surface area contributed by atoms with Crippen molar-refractivity contribution in [3.8, 4) is 17.5 Å². The van der Waals surface area contributed by atoms with Gasteiger partial charge in [0.05, 0.1) is 24.9 Å². The molecule has 8 nitrogen and oxygen atoms in total. The first-order valence-corrected chi connectivity index (χ1v) is 10.7. The largest absolute Gasteiger partial charge is 0.476 e. The number of aromatic nitrogens is 5. The van der Waals surface area contributed by atoms with Gasteiger partial charge in [0.1, 0.15) is 10.8 Å². The molecule has 0 amide bonds. The van der Waals surface area contributed by atoms with Gasteiger partial charge in [0, 0.05) is 43.7 Å². The van der Waals surface area contributed by atoms with Gasteiger partial charge in [0.2, 0.25) is 11.8 Å². The topological polar surface area (TPSA) is 84.1 Å². The Morgan fingerprint density at radius 1 is 1.03 bits per heavy atom. The predicted molar refractivity (Wildman–Crippen MR) is 121 cm³/mol. The molecule has 0 bridgehead atoms. The third-order valence-corrected chi connectivity index (χ3v) is 5.13. The van der Waals surface area contributed by atoms with E-state index in [9.17, 15) is 18.0 Å². The highest BCUT2D eigenvalue weighted by molar-refractivity contribution is 6.31. The minimum Gasteiger partial charge on any atom is -0.476 e. The maximum Gasteiger partial charge on any atom is 0.417 e. The zero-order valence-corrected chi connectivity index (χ0v) is 19.1. The number of rotatable bonds is 8. The van der Waals surface area contributed by atoms with E-state index in [0.717, 1.165) is 29.5 Å². The van der Waals surface area contributed by atoms with Crippen molar-refractivity contribution in [2.24, 2.45) is 7.05 Å². The fourth-order valence-corrected chi connectivity index (χ4v) is 3.35. The lowest BCUT2D eigenvalue weighted by Crippen LogP contribution is -2.24. The predicted octanol–water partition coefficient (Wildman–Crippen LogP) is 4.51. The maximum atomic E-state index is 12.6. The van der Waals surface area contributed by atoms with E-state index in [1.165, 1.54) is 10.8 Å². The molecule has 0 aliphatic rings. The van der Waals surface area contributed by atoms with Crippen LogP contribution in [0.5, 0.6) is 17.5 Å². The molecule has 0 unspecified atom stereocenters.